The lowest BCUT2D eigenvalue weighted by Crippen LogP contribution is -2.07. The van der Waals surface area contributed by atoms with Crippen LogP contribution in [0.5, 0.6) is 0 Å². The molecule has 0 aromatic heterocycles. The van der Waals surface area contributed by atoms with Gasteiger partial charge in [-0.1, -0.05) is 12.1 Å². The monoisotopic (exact) mass is 208 g/mol. The average molecular weight is 208 g/mol. The fraction of sp³-hybridized carbons (Fsp3) is 0.333. The van der Waals surface area contributed by atoms with Gasteiger partial charge in [-0.05, 0) is 36.1 Å². The Morgan fingerprint density at radius 3 is 2.60 bits per heavy atom. The van der Waals surface area contributed by atoms with Crippen LogP contribution in [0.3, 0.4) is 0 Å². The van der Waals surface area contributed by atoms with Crippen molar-refractivity contribution in [2.75, 3.05) is 6.61 Å². The van der Waals surface area contributed by atoms with Crippen molar-refractivity contribution in [2.45, 2.75) is 18.9 Å². The van der Waals surface area contributed by atoms with E-state index >= 15 is 0 Å². The highest BCUT2D eigenvalue weighted by molar-refractivity contribution is 5.26. The van der Waals surface area contributed by atoms with Gasteiger partial charge in [0.15, 0.2) is 0 Å². The Morgan fingerprint density at radius 2 is 2.00 bits per heavy atom. The van der Waals surface area contributed by atoms with Crippen LogP contribution >= 0.6 is 0 Å². The van der Waals surface area contributed by atoms with Gasteiger partial charge in [-0.2, -0.15) is 0 Å². The van der Waals surface area contributed by atoms with Gasteiger partial charge in [0.05, 0.1) is 12.9 Å². The average Bonchev–Trinajstić information content (AvgIpc) is 2.30. The van der Waals surface area contributed by atoms with Gasteiger partial charge in [-0.15, -0.1) is 0 Å². The summed E-state index contributed by atoms with van der Waals surface area (Å²) in [5.74, 6) is -0.292. The predicted molar refractivity (Wildman–Crippen MR) is 54.6 cm³/mol. The number of rotatable bonds is 2. The third-order valence-electron chi connectivity index (χ3n) is 2.50. The topological polar surface area (TPSA) is 29.5 Å². The molecule has 15 heavy (non-hydrogen) atoms. The van der Waals surface area contributed by atoms with E-state index in [-0.39, 0.29) is 5.82 Å². The number of hydrogen-bond acceptors (Lipinski definition) is 2. The van der Waals surface area contributed by atoms with Gasteiger partial charge < -0.3 is 9.84 Å². The lowest BCUT2D eigenvalue weighted by Gasteiger charge is -2.19. The maximum atomic E-state index is 12.7. The summed E-state index contributed by atoms with van der Waals surface area (Å²) >= 11 is 0. The molecule has 1 unspecified atom stereocenters. The zero-order valence-electron chi connectivity index (χ0n) is 8.32. The molecular formula is C12H13FO2. The van der Waals surface area contributed by atoms with Crippen molar-refractivity contribution < 1.29 is 14.2 Å². The molecule has 0 bridgehead atoms. The van der Waals surface area contributed by atoms with Crippen LogP contribution in [0.4, 0.5) is 4.39 Å². The van der Waals surface area contributed by atoms with Gasteiger partial charge in [0.25, 0.3) is 0 Å². The van der Waals surface area contributed by atoms with Crippen molar-refractivity contribution in [2.24, 2.45) is 0 Å². The third kappa shape index (κ3) is 2.36. The number of hydrogen-bond donors (Lipinski definition) is 1. The molecule has 1 heterocycles. The molecule has 1 atom stereocenters. The standard InChI is InChI=1S/C12H13FO2/c13-11-5-3-9(4-6-11)12(14)10-2-1-7-15-8-10/h3-6,8,12,14H,1-2,7H2. The van der Waals surface area contributed by atoms with E-state index < -0.39 is 6.10 Å². The van der Waals surface area contributed by atoms with Crippen LogP contribution < -0.4 is 0 Å². The Morgan fingerprint density at radius 1 is 1.27 bits per heavy atom. The first-order chi connectivity index (χ1) is 7.27. The molecule has 0 radical (unpaired) electrons. The Labute approximate surface area is 88.0 Å². The first-order valence-corrected chi connectivity index (χ1v) is 5.01. The summed E-state index contributed by atoms with van der Waals surface area (Å²) in [4.78, 5) is 0. The minimum atomic E-state index is -0.675. The molecule has 0 fully saturated rings. The van der Waals surface area contributed by atoms with Gasteiger partial charge in [-0.25, -0.2) is 4.39 Å². The number of ether oxygens (including phenoxy) is 1. The highest BCUT2D eigenvalue weighted by atomic mass is 19.1. The van der Waals surface area contributed by atoms with Crippen molar-refractivity contribution in [1.82, 2.24) is 0 Å². The smallest absolute Gasteiger partial charge is 0.123 e. The first-order valence-electron chi connectivity index (χ1n) is 5.01. The van der Waals surface area contributed by atoms with E-state index in [1.165, 1.54) is 12.1 Å². The SMILES string of the molecule is OC(C1=COCCC1)c1ccc(F)cc1. The molecule has 1 aliphatic heterocycles. The van der Waals surface area contributed by atoms with Crippen molar-refractivity contribution >= 4 is 0 Å². The molecule has 2 rings (SSSR count). The Hall–Kier alpha value is -1.35. The number of benzene rings is 1. The Kier molecular flexibility index (Phi) is 3.02. The summed E-state index contributed by atoms with van der Waals surface area (Å²) in [7, 11) is 0. The highest BCUT2D eigenvalue weighted by Crippen LogP contribution is 2.27. The number of aliphatic hydroxyl groups excluding tert-OH is 1. The molecule has 2 nitrogen and oxygen atoms in total. The molecule has 0 amide bonds. The zero-order chi connectivity index (χ0) is 10.7. The summed E-state index contributed by atoms with van der Waals surface area (Å²) in [6.45, 7) is 0.708. The molecule has 1 aliphatic rings. The van der Waals surface area contributed by atoms with Crippen molar-refractivity contribution in [3.8, 4) is 0 Å². The van der Waals surface area contributed by atoms with E-state index in [0.29, 0.717) is 12.2 Å². The van der Waals surface area contributed by atoms with E-state index in [9.17, 15) is 9.50 Å². The van der Waals surface area contributed by atoms with Crippen LogP contribution in [0, 0.1) is 5.82 Å². The minimum absolute atomic E-state index is 0.292. The largest absolute Gasteiger partial charge is 0.501 e. The lowest BCUT2D eigenvalue weighted by molar-refractivity contribution is 0.170. The second kappa shape index (κ2) is 4.45. The third-order valence-corrected chi connectivity index (χ3v) is 2.50. The van der Waals surface area contributed by atoms with Crippen LogP contribution in [-0.4, -0.2) is 11.7 Å². The van der Waals surface area contributed by atoms with Crippen LogP contribution in [-0.2, 0) is 4.74 Å². The summed E-state index contributed by atoms with van der Waals surface area (Å²) in [5.41, 5.74) is 1.56. The molecule has 0 spiro atoms. The van der Waals surface area contributed by atoms with Gasteiger partial charge >= 0.3 is 0 Å². The molecular weight excluding hydrogens is 195 g/mol. The van der Waals surface area contributed by atoms with Gasteiger partial charge in [0, 0.05) is 0 Å². The highest BCUT2D eigenvalue weighted by Gasteiger charge is 2.15. The second-order valence-electron chi connectivity index (χ2n) is 3.62. The zero-order valence-corrected chi connectivity index (χ0v) is 8.32. The molecule has 0 saturated carbocycles. The van der Waals surface area contributed by atoms with Crippen molar-refractivity contribution in [3.63, 3.8) is 0 Å². The quantitative estimate of drug-likeness (QED) is 0.809. The Balaban J connectivity index is 2.16. The first kappa shape index (κ1) is 10.2. The van der Waals surface area contributed by atoms with Gasteiger partial charge in [0.1, 0.15) is 11.9 Å². The van der Waals surface area contributed by atoms with Crippen LogP contribution in [0.2, 0.25) is 0 Å². The van der Waals surface area contributed by atoms with Crippen molar-refractivity contribution in [1.29, 1.82) is 0 Å². The van der Waals surface area contributed by atoms with Crippen LogP contribution in [0.15, 0.2) is 36.1 Å². The van der Waals surface area contributed by atoms with E-state index in [1.807, 2.05) is 0 Å². The summed E-state index contributed by atoms with van der Waals surface area (Å²) in [6, 6.07) is 5.89. The van der Waals surface area contributed by atoms with Crippen LogP contribution in [0.25, 0.3) is 0 Å². The second-order valence-corrected chi connectivity index (χ2v) is 3.62. The fourth-order valence-corrected chi connectivity index (χ4v) is 1.64. The maximum Gasteiger partial charge on any atom is 0.123 e. The molecule has 0 saturated heterocycles. The fourth-order valence-electron chi connectivity index (χ4n) is 1.64. The van der Waals surface area contributed by atoms with E-state index in [1.54, 1.807) is 18.4 Å². The van der Waals surface area contributed by atoms with Gasteiger partial charge in [-0.3, -0.25) is 0 Å². The van der Waals surface area contributed by atoms with Gasteiger partial charge in [0.2, 0.25) is 0 Å². The molecule has 1 aromatic rings. The summed E-state index contributed by atoms with van der Waals surface area (Å²) in [6.07, 6.45) is 2.69. The number of aliphatic hydroxyl groups is 1. The van der Waals surface area contributed by atoms with E-state index in [0.717, 1.165) is 18.4 Å². The summed E-state index contributed by atoms with van der Waals surface area (Å²) < 4.78 is 17.8. The summed E-state index contributed by atoms with van der Waals surface area (Å²) in [5, 5.41) is 9.97. The number of halogens is 1. The molecule has 1 N–H and O–H groups in total. The molecule has 80 valence electrons. The molecule has 0 aliphatic carbocycles. The van der Waals surface area contributed by atoms with E-state index in [4.69, 9.17) is 4.74 Å². The van der Waals surface area contributed by atoms with E-state index in [2.05, 4.69) is 0 Å². The molecule has 3 heteroatoms. The Bertz CT molecular complexity index is 356. The maximum absolute atomic E-state index is 12.7. The normalized spacial score (nSPS) is 17.9. The van der Waals surface area contributed by atoms with Crippen molar-refractivity contribution in [3.05, 3.63) is 47.5 Å². The predicted octanol–water partition coefficient (Wildman–Crippen LogP) is 2.55. The molecule has 1 aromatic carbocycles. The lowest BCUT2D eigenvalue weighted by atomic mass is 9.98. The minimum Gasteiger partial charge on any atom is -0.501 e. The van der Waals surface area contributed by atoms with Crippen LogP contribution in [0.1, 0.15) is 24.5 Å².